The van der Waals surface area contributed by atoms with Crippen LogP contribution in [0, 0.1) is 11.3 Å². The molecule has 0 aromatic heterocycles. The largest absolute Gasteiger partial charge is 0.303 e. The minimum Gasteiger partial charge on any atom is -0.303 e. The van der Waals surface area contributed by atoms with Crippen LogP contribution in [0.5, 0.6) is 0 Å². The lowest BCUT2D eigenvalue weighted by Crippen LogP contribution is -2.33. The minimum atomic E-state index is -0.216. The van der Waals surface area contributed by atoms with Crippen molar-refractivity contribution in [3.8, 4) is 6.07 Å². The normalized spacial score (nSPS) is 12.7. The van der Waals surface area contributed by atoms with Gasteiger partial charge in [0.2, 0.25) is 0 Å². The van der Waals surface area contributed by atoms with Crippen LogP contribution in [0.2, 0.25) is 0 Å². The van der Waals surface area contributed by atoms with E-state index in [0.717, 1.165) is 31.7 Å². The van der Waals surface area contributed by atoms with Gasteiger partial charge in [0.1, 0.15) is 6.04 Å². The number of hydrogen-bond donors (Lipinski definition) is 1. The molecule has 0 bridgehead atoms. The van der Waals surface area contributed by atoms with Gasteiger partial charge in [-0.3, -0.25) is 5.32 Å². The molecule has 20 heavy (non-hydrogen) atoms. The van der Waals surface area contributed by atoms with E-state index in [4.69, 9.17) is 0 Å². The summed E-state index contributed by atoms with van der Waals surface area (Å²) in [6.07, 6.45) is 0. The van der Waals surface area contributed by atoms with Crippen LogP contribution in [0.15, 0.2) is 24.3 Å². The number of benzene rings is 1. The molecule has 0 fully saturated rings. The summed E-state index contributed by atoms with van der Waals surface area (Å²) in [5.41, 5.74) is 2.37. The molecular weight excluding hydrogens is 246 g/mol. The maximum atomic E-state index is 9.31. The first-order valence-electron chi connectivity index (χ1n) is 7.57. The molecule has 0 aliphatic heterocycles. The first-order valence-corrected chi connectivity index (χ1v) is 7.57. The van der Waals surface area contributed by atoms with Crippen LogP contribution < -0.4 is 5.32 Å². The van der Waals surface area contributed by atoms with Crippen LogP contribution in [-0.4, -0.2) is 31.1 Å². The molecule has 0 radical (unpaired) electrons. The number of likely N-dealkylation sites (N-methyl/N-ethyl adjacent to an activating group) is 1. The molecule has 1 atom stereocenters. The predicted octanol–water partition coefficient (Wildman–Crippen LogP) is 3.31. The van der Waals surface area contributed by atoms with Gasteiger partial charge in [0, 0.05) is 13.1 Å². The number of rotatable bonds is 8. The molecule has 0 aliphatic rings. The van der Waals surface area contributed by atoms with Gasteiger partial charge >= 0.3 is 0 Å². The molecule has 1 aromatic carbocycles. The van der Waals surface area contributed by atoms with Crippen molar-refractivity contribution < 1.29 is 0 Å². The minimum absolute atomic E-state index is 0.216. The summed E-state index contributed by atoms with van der Waals surface area (Å²) in [7, 11) is 0. The zero-order valence-electron chi connectivity index (χ0n) is 13.2. The second-order valence-electron chi connectivity index (χ2n) is 5.36. The summed E-state index contributed by atoms with van der Waals surface area (Å²) in [4.78, 5) is 2.35. The SMILES string of the molecule is CCN(CC)CCNC(C#N)c1ccc(C(C)C)cc1. The van der Waals surface area contributed by atoms with Crippen molar-refractivity contribution >= 4 is 0 Å². The lowest BCUT2D eigenvalue weighted by molar-refractivity contribution is 0.300. The third-order valence-corrected chi connectivity index (χ3v) is 3.74. The summed E-state index contributed by atoms with van der Waals surface area (Å²) in [6.45, 7) is 12.6. The van der Waals surface area contributed by atoms with E-state index < -0.39 is 0 Å². The maximum Gasteiger partial charge on any atom is 0.121 e. The third kappa shape index (κ3) is 4.96. The average Bonchev–Trinajstić information content (AvgIpc) is 2.48. The highest BCUT2D eigenvalue weighted by molar-refractivity contribution is 5.29. The Morgan fingerprint density at radius 1 is 1.10 bits per heavy atom. The molecule has 0 amide bonds. The van der Waals surface area contributed by atoms with E-state index in [2.05, 4.69) is 68.2 Å². The Kier molecular flexibility index (Phi) is 7.28. The molecule has 1 rings (SSSR count). The van der Waals surface area contributed by atoms with Crippen LogP contribution in [0.25, 0.3) is 0 Å². The van der Waals surface area contributed by atoms with Gasteiger partial charge in [0.15, 0.2) is 0 Å². The van der Waals surface area contributed by atoms with E-state index in [1.54, 1.807) is 0 Å². The van der Waals surface area contributed by atoms with E-state index in [0.29, 0.717) is 5.92 Å². The zero-order chi connectivity index (χ0) is 15.0. The number of nitrogens with zero attached hydrogens (tertiary/aromatic N) is 2. The second kappa shape index (κ2) is 8.73. The van der Waals surface area contributed by atoms with Crippen molar-refractivity contribution in [3.05, 3.63) is 35.4 Å². The van der Waals surface area contributed by atoms with Gasteiger partial charge in [-0.1, -0.05) is 52.0 Å². The number of hydrogen-bond acceptors (Lipinski definition) is 3. The molecule has 0 heterocycles. The predicted molar refractivity (Wildman–Crippen MR) is 84.7 cm³/mol. The molecule has 0 saturated heterocycles. The topological polar surface area (TPSA) is 39.1 Å². The van der Waals surface area contributed by atoms with E-state index >= 15 is 0 Å². The van der Waals surface area contributed by atoms with Crippen molar-refractivity contribution in [2.45, 2.75) is 39.7 Å². The third-order valence-electron chi connectivity index (χ3n) is 3.74. The second-order valence-corrected chi connectivity index (χ2v) is 5.36. The fourth-order valence-electron chi connectivity index (χ4n) is 2.22. The van der Waals surface area contributed by atoms with Crippen LogP contribution in [0.3, 0.4) is 0 Å². The van der Waals surface area contributed by atoms with Gasteiger partial charge in [-0.2, -0.15) is 5.26 Å². The Balaban J connectivity index is 2.56. The Morgan fingerprint density at radius 2 is 1.65 bits per heavy atom. The molecular formula is C17H27N3. The van der Waals surface area contributed by atoms with Gasteiger partial charge in [0.25, 0.3) is 0 Å². The van der Waals surface area contributed by atoms with Crippen molar-refractivity contribution in [1.82, 2.24) is 10.2 Å². The average molecular weight is 273 g/mol. The molecule has 1 unspecified atom stereocenters. The molecule has 0 saturated carbocycles. The van der Waals surface area contributed by atoms with Crippen molar-refractivity contribution in [1.29, 1.82) is 5.26 Å². The molecule has 0 aliphatic carbocycles. The summed E-state index contributed by atoms with van der Waals surface area (Å²) in [6, 6.07) is 10.5. The van der Waals surface area contributed by atoms with Gasteiger partial charge < -0.3 is 4.90 Å². The Hall–Kier alpha value is -1.37. The Morgan fingerprint density at radius 3 is 2.10 bits per heavy atom. The molecule has 110 valence electrons. The number of nitriles is 1. The van der Waals surface area contributed by atoms with Gasteiger partial charge in [-0.15, -0.1) is 0 Å². The highest BCUT2D eigenvalue weighted by Gasteiger charge is 2.10. The maximum absolute atomic E-state index is 9.31. The lowest BCUT2D eigenvalue weighted by atomic mass is 9.99. The highest BCUT2D eigenvalue weighted by atomic mass is 15.1. The Labute approximate surface area is 123 Å². The highest BCUT2D eigenvalue weighted by Crippen LogP contribution is 2.18. The first-order chi connectivity index (χ1) is 9.62. The first kappa shape index (κ1) is 16.7. The summed E-state index contributed by atoms with van der Waals surface area (Å²) in [5.74, 6) is 0.528. The fraction of sp³-hybridized carbons (Fsp3) is 0.588. The van der Waals surface area contributed by atoms with E-state index in [1.807, 2.05) is 0 Å². The summed E-state index contributed by atoms with van der Waals surface area (Å²) >= 11 is 0. The summed E-state index contributed by atoms with van der Waals surface area (Å²) in [5, 5.41) is 12.6. The van der Waals surface area contributed by atoms with Crippen molar-refractivity contribution in [3.63, 3.8) is 0 Å². The molecule has 3 heteroatoms. The van der Waals surface area contributed by atoms with Crippen LogP contribution in [0.4, 0.5) is 0 Å². The summed E-state index contributed by atoms with van der Waals surface area (Å²) < 4.78 is 0. The Bertz CT molecular complexity index is 413. The van der Waals surface area contributed by atoms with Crippen LogP contribution in [0.1, 0.15) is 50.8 Å². The lowest BCUT2D eigenvalue weighted by Gasteiger charge is -2.19. The molecule has 0 spiro atoms. The van der Waals surface area contributed by atoms with Crippen molar-refractivity contribution in [2.24, 2.45) is 0 Å². The van der Waals surface area contributed by atoms with Gasteiger partial charge in [-0.05, 0) is 30.1 Å². The molecule has 1 N–H and O–H groups in total. The fourth-order valence-corrected chi connectivity index (χ4v) is 2.22. The molecule has 3 nitrogen and oxygen atoms in total. The number of nitrogens with one attached hydrogen (secondary N) is 1. The van der Waals surface area contributed by atoms with Crippen LogP contribution in [-0.2, 0) is 0 Å². The standard InChI is InChI=1S/C17H27N3/c1-5-20(6-2)12-11-19-17(13-18)16-9-7-15(8-10-16)14(3)4/h7-10,14,17,19H,5-6,11-12H2,1-4H3. The van der Waals surface area contributed by atoms with E-state index in [1.165, 1.54) is 5.56 Å². The molecule has 1 aromatic rings. The van der Waals surface area contributed by atoms with E-state index in [-0.39, 0.29) is 6.04 Å². The van der Waals surface area contributed by atoms with Gasteiger partial charge in [0.05, 0.1) is 6.07 Å². The van der Waals surface area contributed by atoms with Crippen LogP contribution >= 0.6 is 0 Å². The van der Waals surface area contributed by atoms with Crippen molar-refractivity contribution in [2.75, 3.05) is 26.2 Å². The van der Waals surface area contributed by atoms with Gasteiger partial charge in [-0.25, -0.2) is 0 Å². The zero-order valence-corrected chi connectivity index (χ0v) is 13.2. The van der Waals surface area contributed by atoms with E-state index in [9.17, 15) is 5.26 Å². The monoisotopic (exact) mass is 273 g/mol. The quantitative estimate of drug-likeness (QED) is 0.790. The smallest absolute Gasteiger partial charge is 0.121 e.